The van der Waals surface area contributed by atoms with Crippen molar-refractivity contribution in [2.24, 2.45) is 0 Å². The van der Waals surface area contributed by atoms with E-state index in [1.165, 1.54) is 4.31 Å². The molecule has 3 heterocycles. The molecule has 0 unspecified atom stereocenters. The molecular formula is C17H16N4O5S. The third kappa shape index (κ3) is 3.19. The Balaban J connectivity index is 1.69. The van der Waals surface area contributed by atoms with E-state index in [1.807, 2.05) is 18.2 Å². The first-order chi connectivity index (χ1) is 12.9. The minimum Gasteiger partial charge on any atom is -0.481 e. The highest BCUT2D eigenvalue weighted by Gasteiger charge is 2.33. The lowest BCUT2D eigenvalue weighted by Gasteiger charge is -2.29. The largest absolute Gasteiger partial charge is 0.481 e. The molecule has 0 amide bonds. The number of fused-ring (bicyclic) bond motifs is 1. The van der Waals surface area contributed by atoms with Crippen LogP contribution in [0.15, 0.2) is 46.3 Å². The normalized spacial score (nSPS) is 14.1. The molecule has 2 N–H and O–H groups in total. The van der Waals surface area contributed by atoms with Gasteiger partial charge in [0, 0.05) is 12.7 Å². The Hall–Kier alpha value is -3.14. The van der Waals surface area contributed by atoms with Crippen LogP contribution in [0.3, 0.4) is 0 Å². The summed E-state index contributed by atoms with van der Waals surface area (Å²) in [5.74, 6) is -1.13. The van der Waals surface area contributed by atoms with Crippen LogP contribution >= 0.6 is 0 Å². The topological polar surface area (TPSA) is 129 Å². The lowest BCUT2D eigenvalue weighted by molar-refractivity contribution is -0.136. The fourth-order valence-corrected chi connectivity index (χ4v) is 4.52. The summed E-state index contributed by atoms with van der Waals surface area (Å²) in [7, 11) is -4.01. The summed E-state index contributed by atoms with van der Waals surface area (Å²) in [6.45, 7) is 0.301. The number of anilines is 1. The maximum Gasteiger partial charge on any atom is 0.336 e. The number of hydrogen-bond donors (Lipinski definition) is 2. The molecule has 0 radical (unpaired) electrons. The van der Waals surface area contributed by atoms with Crippen LogP contribution in [-0.2, 0) is 27.7 Å². The van der Waals surface area contributed by atoms with Crippen LogP contribution in [0.1, 0.15) is 17.7 Å². The molecule has 0 spiro atoms. The van der Waals surface area contributed by atoms with E-state index in [1.54, 1.807) is 12.3 Å². The highest BCUT2D eigenvalue weighted by Crippen LogP contribution is 2.34. The zero-order chi connectivity index (χ0) is 19.0. The summed E-state index contributed by atoms with van der Waals surface area (Å²) in [5, 5.41) is 15.1. The Labute approximate surface area is 154 Å². The molecular weight excluding hydrogens is 372 g/mol. The Morgan fingerprint density at radius 1 is 1.33 bits per heavy atom. The molecule has 0 aliphatic carbocycles. The number of aryl methyl sites for hydroxylation is 1. The maximum atomic E-state index is 13.0. The number of aliphatic carboxylic acids is 1. The van der Waals surface area contributed by atoms with E-state index in [4.69, 9.17) is 9.52 Å². The van der Waals surface area contributed by atoms with Crippen LogP contribution < -0.4 is 4.31 Å². The van der Waals surface area contributed by atoms with Crippen LogP contribution in [-0.4, -0.2) is 41.2 Å². The second kappa shape index (κ2) is 6.54. The highest BCUT2D eigenvalue weighted by molar-refractivity contribution is 7.92. The van der Waals surface area contributed by atoms with E-state index in [2.05, 4.69) is 15.2 Å². The van der Waals surface area contributed by atoms with Crippen molar-refractivity contribution in [3.63, 3.8) is 0 Å². The van der Waals surface area contributed by atoms with Crippen molar-refractivity contribution in [1.29, 1.82) is 0 Å². The van der Waals surface area contributed by atoms with E-state index in [-0.39, 0.29) is 5.76 Å². The number of carbonyl (C=O) groups is 1. The predicted molar refractivity (Wildman–Crippen MR) is 94.7 cm³/mol. The van der Waals surface area contributed by atoms with Gasteiger partial charge < -0.3 is 9.52 Å². The molecule has 0 saturated carbocycles. The Morgan fingerprint density at radius 3 is 2.93 bits per heavy atom. The molecule has 27 heavy (non-hydrogen) atoms. The van der Waals surface area contributed by atoms with Gasteiger partial charge in [-0.25, -0.2) is 4.98 Å². The summed E-state index contributed by atoms with van der Waals surface area (Å²) >= 11 is 0. The molecule has 1 aliphatic rings. The molecule has 3 aromatic rings. The van der Waals surface area contributed by atoms with Crippen molar-refractivity contribution < 1.29 is 22.7 Å². The Bertz CT molecular complexity index is 1090. The van der Waals surface area contributed by atoms with Crippen molar-refractivity contribution in [3.8, 4) is 11.3 Å². The van der Waals surface area contributed by atoms with Crippen molar-refractivity contribution in [2.75, 3.05) is 10.8 Å². The van der Waals surface area contributed by atoms with E-state index in [0.717, 1.165) is 29.4 Å². The van der Waals surface area contributed by atoms with E-state index >= 15 is 0 Å². The first-order valence-electron chi connectivity index (χ1n) is 8.27. The number of aromatic amines is 1. The summed E-state index contributed by atoms with van der Waals surface area (Å²) in [6, 6.07) is 7.36. The summed E-state index contributed by atoms with van der Waals surface area (Å²) in [6.07, 6.45) is 3.77. The van der Waals surface area contributed by atoms with E-state index < -0.39 is 27.6 Å². The predicted octanol–water partition coefficient (Wildman–Crippen LogP) is 1.83. The minimum atomic E-state index is -4.01. The van der Waals surface area contributed by atoms with Gasteiger partial charge in [0.15, 0.2) is 0 Å². The molecule has 0 fully saturated rings. The molecule has 1 aromatic carbocycles. The molecule has 2 aromatic heterocycles. The van der Waals surface area contributed by atoms with E-state index in [9.17, 15) is 13.2 Å². The second-order valence-electron chi connectivity index (χ2n) is 6.16. The summed E-state index contributed by atoms with van der Waals surface area (Å²) in [4.78, 5) is 14.5. The third-order valence-corrected chi connectivity index (χ3v) is 5.93. The first-order valence-corrected chi connectivity index (χ1v) is 9.71. The number of nitrogens with zero attached hydrogens (tertiary/aromatic N) is 3. The van der Waals surface area contributed by atoms with Gasteiger partial charge in [-0.2, -0.15) is 13.5 Å². The SMILES string of the molecule is O=C(O)Cc1cnc(S(=O)(=O)N2CCCc3cc(-c4ccn[nH]4)ccc32)o1. The minimum absolute atomic E-state index is 0.00657. The van der Waals surface area contributed by atoms with Crippen molar-refractivity contribution in [2.45, 2.75) is 24.5 Å². The smallest absolute Gasteiger partial charge is 0.336 e. The number of benzene rings is 1. The van der Waals surface area contributed by atoms with Crippen LogP contribution in [0.2, 0.25) is 0 Å². The maximum absolute atomic E-state index is 13.0. The second-order valence-corrected chi connectivity index (χ2v) is 7.90. The first kappa shape index (κ1) is 17.3. The van der Waals surface area contributed by atoms with Crippen LogP contribution in [0.4, 0.5) is 5.69 Å². The van der Waals surface area contributed by atoms with E-state index in [0.29, 0.717) is 18.7 Å². The van der Waals surface area contributed by atoms with Gasteiger partial charge in [-0.3, -0.25) is 14.2 Å². The lowest BCUT2D eigenvalue weighted by atomic mass is 10.00. The van der Waals surface area contributed by atoms with Gasteiger partial charge in [0.25, 0.3) is 0 Å². The Morgan fingerprint density at radius 2 is 2.19 bits per heavy atom. The summed E-state index contributed by atoms with van der Waals surface area (Å²) in [5.41, 5.74) is 3.24. The van der Waals surface area contributed by atoms with Crippen molar-refractivity contribution in [1.82, 2.24) is 15.2 Å². The molecule has 140 valence electrons. The van der Waals surface area contributed by atoms with Gasteiger partial charge in [-0.15, -0.1) is 0 Å². The Kier molecular flexibility index (Phi) is 4.19. The molecule has 4 rings (SSSR count). The summed E-state index contributed by atoms with van der Waals surface area (Å²) < 4.78 is 32.4. The van der Waals surface area contributed by atoms with Crippen LogP contribution in [0.5, 0.6) is 0 Å². The van der Waals surface area contributed by atoms with Crippen molar-refractivity contribution >= 4 is 21.7 Å². The monoisotopic (exact) mass is 388 g/mol. The number of H-pyrrole nitrogens is 1. The van der Waals surface area contributed by atoms with Gasteiger partial charge >= 0.3 is 21.2 Å². The third-order valence-electron chi connectivity index (χ3n) is 4.34. The highest BCUT2D eigenvalue weighted by atomic mass is 32.2. The number of oxazole rings is 1. The number of nitrogens with one attached hydrogen (secondary N) is 1. The number of hydrogen-bond acceptors (Lipinski definition) is 6. The molecule has 0 bridgehead atoms. The van der Waals surface area contributed by atoms with Gasteiger partial charge in [-0.05, 0) is 42.2 Å². The average molecular weight is 388 g/mol. The number of carboxylic acid groups (broad SMARTS) is 1. The molecule has 9 nitrogen and oxygen atoms in total. The molecule has 10 heteroatoms. The number of sulfonamides is 1. The number of carboxylic acids is 1. The lowest BCUT2D eigenvalue weighted by Crippen LogP contribution is -2.35. The van der Waals surface area contributed by atoms with Crippen molar-refractivity contribution in [3.05, 3.63) is 48.0 Å². The molecule has 0 atom stereocenters. The average Bonchev–Trinajstić information content (AvgIpc) is 3.32. The fourth-order valence-electron chi connectivity index (χ4n) is 3.13. The van der Waals surface area contributed by atoms with Gasteiger partial charge in [-0.1, -0.05) is 6.07 Å². The fraction of sp³-hybridized carbons (Fsp3) is 0.235. The van der Waals surface area contributed by atoms with Gasteiger partial charge in [0.1, 0.15) is 12.2 Å². The quantitative estimate of drug-likeness (QED) is 0.682. The molecule has 1 aliphatic heterocycles. The number of aromatic nitrogens is 3. The zero-order valence-corrected chi connectivity index (χ0v) is 14.9. The standard InChI is InChI=1S/C17H16N4O5S/c22-16(23)9-13-10-18-17(26-13)27(24,25)21-7-1-2-12-8-11(3-4-15(12)21)14-5-6-19-20-14/h3-6,8,10H,1-2,7,9H2,(H,19,20)(H,22,23). The number of rotatable bonds is 5. The van der Waals surface area contributed by atoms with Gasteiger partial charge in [0.05, 0.1) is 17.6 Å². The molecule has 0 saturated heterocycles. The van der Waals surface area contributed by atoms with Crippen LogP contribution in [0, 0.1) is 0 Å². The zero-order valence-electron chi connectivity index (χ0n) is 14.1. The van der Waals surface area contributed by atoms with Crippen LogP contribution in [0.25, 0.3) is 11.3 Å². The van der Waals surface area contributed by atoms with Gasteiger partial charge in [0.2, 0.25) is 0 Å².